The highest BCUT2D eigenvalue weighted by atomic mass is 31.2. The summed E-state index contributed by atoms with van der Waals surface area (Å²) in [5.74, 6) is -0.938. The summed E-state index contributed by atoms with van der Waals surface area (Å²) >= 11 is 0. The van der Waals surface area contributed by atoms with Crippen LogP contribution in [-0.4, -0.2) is 81.2 Å². The maximum absolute atomic E-state index is 12.7. The molecule has 0 fully saturated rings. The Hall–Kier alpha value is -3.11. The number of aliphatic hydroxyl groups excluding tert-OH is 1. The molecule has 0 aromatic carbocycles. The Morgan fingerprint density at radius 3 is 1.75 bits per heavy atom. The van der Waals surface area contributed by atoms with Gasteiger partial charge in [0.2, 0.25) is 0 Å². The molecule has 0 rings (SSSR count). The van der Waals surface area contributed by atoms with Crippen LogP contribution in [0.1, 0.15) is 136 Å². The normalized spacial score (nSPS) is 15.0. The molecule has 0 saturated heterocycles. The maximum Gasteiger partial charge on any atom is 0.306 e. The van der Waals surface area contributed by atoms with Crippen molar-refractivity contribution in [1.82, 2.24) is 0 Å². The van der Waals surface area contributed by atoms with Gasteiger partial charge in [0.25, 0.3) is 7.82 Å². The highest BCUT2D eigenvalue weighted by molar-refractivity contribution is 7.45. The van der Waals surface area contributed by atoms with Crippen LogP contribution < -0.4 is 4.89 Å². The Balaban J connectivity index is 4.51. The second kappa shape index (κ2) is 39.1. The van der Waals surface area contributed by atoms with Crippen molar-refractivity contribution in [3.05, 3.63) is 97.2 Å². The number of quaternary nitrogens is 1. The molecule has 0 saturated carbocycles. The van der Waals surface area contributed by atoms with Crippen molar-refractivity contribution in [2.45, 2.75) is 148 Å². The van der Waals surface area contributed by atoms with Gasteiger partial charge >= 0.3 is 11.9 Å². The van der Waals surface area contributed by atoms with E-state index in [0.717, 1.165) is 89.9 Å². The first-order chi connectivity index (χ1) is 28.4. The third-order valence-electron chi connectivity index (χ3n) is 8.68. The molecule has 0 aliphatic heterocycles. The Kier molecular flexibility index (Phi) is 37.0. The Morgan fingerprint density at radius 1 is 0.627 bits per heavy atom. The van der Waals surface area contributed by atoms with E-state index in [0.29, 0.717) is 30.3 Å². The topological polar surface area (TPSA) is 131 Å². The number of nitrogens with zero attached hydrogens (tertiary/aromatic N) is 1. The number of unbranched alkanes of at least 4 members (excludes halogenated alkanes) is 8. The van der Waals surface area contributed by atoms with E-state index in [1.54, 1.807) is 6.08 Å². The smallest absolute Gasteiger partial charge is 0.306 e. The number of rotatable bonds is 38. The number of allylic oxidation sites excluding steroid dienone is 14. The van der Waals surface area contributed by atoms with Crippen LogP contribution >= 0.6 is 7.82 Å². The molecular weight excluding hydrogens is 766 g/mol. The van der Waals surface area contributed by atoms with Gasteiger partial charge in [-0.1, -0.05) is 137 Å². The molecule has 2 unspecified atom stereocenters. The summed E-state index contributed by atoms with van der Waals surface area (Å²) in [5, 5.41) is 9.88. The highest BCUT2D eigenvalue weighted by Crippen LogP contribution is 2.38. The van der Waals surface area contributed by atoms with Gasteiger partial charge in [0.15, 0.2) is 6.10 Å². The van der Waals surface area contributed by atoms with Crippen molar-refractivity contribution in [3.63, 3.8) is 0 Å². The Labute approximate surface area is 358 Å². The van der Waals surface area contributed by atoms with Gasteiger partial charge in [-0.05, 0) is 83.5 Å². The van der Waals surface area contributed by atoms with E-state index in [2.05, 4.69) is 80.7 Å². The summed E-state index contributed by atoms with van der Waals surface area (Å²) in [7, 11) is 1.08. The van der Waals surface area contributed by atoms with E-state index in [1.165, 1.54) is 0 Å². The van der Waals surface area contributed by atoms with Gasteiger partial charge in [-0.2, -0.15) is 0 Å². The number of esters is 2. The predicted octanol–water partition coefficient (Wildman–Crippen LogP) is 10.9. The van der Waals surface area contributed by atoms with Crippen LogP contribution in [0.4, 0.5) is 0 Å². The number of phosphoric ester groups is 1. The number of carbonyl (C=O) groups excluding carboxylic acids is 2. The van der Waals surface area contributed by atoms with Gasteiger partial charge in [-0.15, -0.1) is 0 Å². The van der Waals surface area contributed by atoms with E-state index in [-0.39, 0.29) is 26.1 Å². The fourth-order valence-electron chi connectivity index (χ4n) is 5.24. The predicted molar refractivity (Wildman–Crippen MR) is 241 cm³/mol. The standard InChI is InChI=1S/C48H80NO9P/c1-6-8-10-11-12-13-14-15-16-17-18-19-20-21-22-25-29-32-36-40-48(52)58-46(44-57-59(53,54)56-42-41-49(3,4)5)43-55-47(51)39-35-31-28-26-23-24-27-30-34-38-45(50)37-33-9-7-2/h8-10,12-13,15-16,18-19,21-22,27,30,33-34,38,45-46,50H,6-7,11,14,17,20,23-26,28-29,31-32,35-37,39-44H2,1-5H3/b10-8-,13-12-,16-15-,19-18-,22-21-,30-27+,33-9+,38-34+/t45?,46-/m1/s1. The zero-order chi connectivity index (χ0) is 43.7. The number of aliphatic hydroxyl groups is 1. The lowest BCUT2D eigenvalue weighted by Gasteiger charge is -2.28. The lowest BCUT2D eigenvalue weighted by atomic mass is 10.1. The molecule has 0 aliphatic rings. The number of ether oxygens (including phenoxy) is 2. The number of carbonyl (C=O) groups is 2. The van der Waals surface area contributed by atoms with Gasteiger partial charge in [-0.25, -0.2) is 0 Å². The first-order valence-corrected chi connectivity index (χ1v) is 23.5. The van der Waals surface area contributed by atoms with Crippen molar-refractivity contribution in [2.24, 2.45) is 0 Å². The molecule has 0 bridgehead atoms. The Morgan fingerprint density at radius 2 is 1.14 bits per heavy atom. The van der Waals surface area contributed by atoms with Crippen LogP contribution in [0.15, 0.2) is 97.2 Å². The largest absolute Gasteiger partial charge is 0.756 e. The molecule has 0 aliphatic carbocycles. The van der Waals surface area contributed by atoms with Gasteiger partial charge in [0, 0.05) is 12.8 Å². The summed E-state index contributed by atoms with van der Waals surface area (Å²) < 4.78 is 33.8. The average molecular weight is 846 g/mol. The summed E-state index contributed by atoms with van der Waals surface area (Å²) in [6, 6.07) is 0. The van der Waals surface area contributed by atoms with Crippen LogP contribution in [0.3, 0.4) is 0 Å². The first kappa shape index (κ1) is 55.9. The minimum atomic E-state index is -4.66. The minimum Gasteiger partial charge on any atom is -0.756 e. The zero-order valence-electron chi connectivity index (χ0n) is 37.3. The van der Waals surface area contributed by atoms with E-state index >= 15 is 0 Å². The third-order valence-corrected chi connectivity index (χ3v) is 9.64. The lowest BCUT2D eigenvalue weighted by Crippen LogP contribution is -2.37. The minimum absolute atomic E-state index is 0.0557. The molecule has 0 aromatic rings. The van der Waals surface area contributed by atoms with Gasteiger partial charge in [-0.3, -0.25) is 14.2 Å². The quantitative estimate of drug-likeness (QED) is 0.0161. The summed E-state index contributed by atoms with van der Waals surface area (Å²) in [4.78, 5) is 37.5. The van der Waals surface area contributed by atoms with Crippen molar-refractivity contribution in [2.75, 3.05) is 47.5 Å². The van der Waals surface area contributed by atoms with Crippen molar-refractivity contribution in [1.29, 1.82) is 0 Å². The van der Waals surface area contributed by atoms with Gasteiger partial charge < -0.3 is 33.0 Å². The summed E-state index contributed by atoms with van der Waals surface area (Å²) in [6.45, 7) is 3.79. The zero-order valence-corrected chi connectivity index (χ0v) is 38.2. The second-order valence-electron chi connectivity index (χ2n) is 15.5. The number of phosphoric acid groups is 1. The lowest BCUT2D eigenvalue weighted by molar-refractivity contribution is -0.870. The SMILES string of the molecule is CC/C=C\C/C=C\C/C=C\C/C=C\C/C=C\CCCCCC(=O)O[C@H](COC(=O)CCCCCCC/C=C/C=C/C(O)C/C=C/CC)COP(=O)([O-])OCC[N+](C)(C)C. The molecule has 0 spiro atoms. The monoisotopic (exact) mass is 846 g/mol. The van der Waals surface area contributed by atoms with E-state index < -0.39 is 38.6 Å². The number of likely N-dealkylation sites (N-methyl/N-ethyl adjacent to an activating group) is 1. The molecule has 59 heavy (non-hydrogen) atoms. The molecule has 11 heteroatoms. The van der Waals surface area contributed by atoms with Gasteiger partial charge in [0.1, 0.15) is 19.8 Å². The van der Waals surface area contributed by atoms with E-state index in [4.69, 9.17) is 18.5 Å². The fraction of sp³-hybridized carbons (Fsp3) is 0.625. The van der Waals surface area contributed by atoms with Gasteiger partial charge in [0.05, 0.1) is 33.9 Å². The van der Waals surface area contributed by atoms with Crippen molar-refractivity contribution >= 4 is 19.8 Å². The molecule has 0 radical (unpaired) electrons. The van der Waals surface area contributed by atoms with E-state index in [1.807, 2.05) is 45.4 Å². The maximum atomic E-state index is 12.7. The highest BCUT2D eigenvalue weighted by Gasteiger charge is 2.21. The average Bonchev–Trinajstić information content (AvgIpc) is 3.18. The second-order valence-corrected chi connectivity index (χ2v) is 16.9. The van der Waals surface area contributed by atoms with Crippen LogP contribution in [0.2, 0.25) is 0 Å². The summed E-state index contributed by atoms with van der Waals surface area (Å²) in [5.41, 5.74) is 0. The molecule has 336 valence electrons. The molecule has 0 amide bonds. The summed E-state index contributed by atoms with van der Waals surface area (Å²) in [6.07, 6.45) is 47.6. The van der Waals surface area contributed by atoms with Crippen LogP contribution in [-0.2, 0) is 32.7 Å². The molecule has 3 atom stereocenters. The fourth-order valence-corrected chi connectivity index (χ4v) is 5.97. The first-order valence-electron chi connectivity index (χ1n) is 22.1. The molecule has 10 nitrogen and oxygen atoms in total. The van der Waals surface area contributed by atoms with Crippen LogP contribution in [0, 0.1) is 0 Å². The van der Waals surface area contributed by atoms with E-state index in [9.17, 15) is 24.2 Å². The third kappa shape index (κ3) is 42.8. The van der Waals surface area contributed by atoms with Crippen LogP contribution in [0.25, 0.3) is 0 Å². The van der Waals surface area contributed by atoms with Crippen molar-refractivity contribution in [3.8, 4) is 0 Å². The molecular formula is C48H80NO9P. The number of hydrogen-bond donors (Lipinski definition) is 1. The molecule has 0 aromatic heterocycles. The van der Waals surface area contributed by atoms with Crippen molar-refractivity contribution < 1.29 is 47.2 Å². The molecule has 0 heterocycles. The van der Waals surface area contributed by atoms with Crippen LogP contribution in [0.5, 0.6) is 0 Å². The Bertz CT molecular complexity index is 1340. The molecule has 1 N–H and O–H groups in total. The number of hydrogen-bond acceptors (Lipinski definition) is 9.